The maximum atomic E-state index is 5.42. The lowest BCUT2D eigenvalue weighted by Crippen LogP contribution is -1.99. The molecule has 0 spiro atoms. The molecule has 0 aliphatic heterocycles. The number of aryl methyl sites for hydroxylation is 1. The summed E-state index contributed by atoms with van der Waals surface area (Å²) in [5.74, 6) is 0.927. The number of alkyl halides is 1. The van der Waals surface area contributed by atoms with Gasteiger partial charge in [-0.15, -0.1) is 0 Å². The van der Waals surface area contributed by atoms with Gasteiger partial charge in [0.1, 0.15) is 5.75 Å². The molecule has 0 saturated heterocycles. The Bertz CT molecular complexity index is 513. The van der Waals surface area contributed by atoms with E-state index in [2.05, 4.69) is 40.0 Å². The van der Waals surface area contributed by atoms with Gasteiger partial charge < -0.3 is 4.74 Å². The molecule has 3 heteroatoms. The van der Waals surface area contributed by atoms with E-state index in [0.717, 1.165) is 12.2 Å². The molecule has 1 atom stereocenters. The highest BCUT2D eigenvalue weighted by Crippen LogP contribution is 2.34. The van der Waals surface area contributed by atoms with Crippen LogP contribution in [0.1, 0.15) is 21.5 Å². The van der Waals surface area contributed by atoms with Crippen molar-refractivity contribution in [3.63, 3.8) is 0 Å². The number of pyridine rings is 1. The quantitative estimate of drug-likeness (QED) is 0.794. The molecule has 0 N–H and O–H groups in total. The minimum Gasteiger partial charge on any atom is -0.496 e. The smallest absolute Gasteiger partial charge is 0.123 e. The van der Waals surface area contributed by atoms with Gasteiger partial charge in [-0.05, 0) is 37.1 Å². The SMILES string of the molecule is COc1ccc(C)cc1C(Br)Cc1ccncc1. The Hall–Kier alpha value is -1.35. The van der Waals surface area contributed by atoms with E-state index in [0.29, 0.717) is 0 Å². The van der Waals surface area contributed by atoms with E-state index < -0.39 is 0 Å². The van der Waals surface area contributed by atoms with Crippen LogP contribution in [0.15, 0.2) is 42.7 Å². The standard InChI is InChI=1S/C15H16BrNO/c1-11-3-4-15(18-2)13(9-11)14(16)10-12-5-7-17-8-6-12/h3-9,14H,10H2,1-2H3. The molecule has 0 amide bonds. The van der Waals surface area contributed by atoms with E-state index in [1.54, 1.807) is 7.11 Å². The fourth-order valence-electron chi connectivity index (χ4n) is 1.93. The first-order chi connectivity index (χ1) is 8.70. The number of nitrogens with zero attached hydrogens (tertiary/aromatic N) is 1. The van der Waals surface area contributed by atoms with E-state index in [1.165, 1.54) is 16.7 Å². The predicted octanol–water partition coefficient (Wildman–Crippen LogP) is 4.08. The van der Waals surface area contributed by atoms with Crippen LogP contribution in [0.25, 0.3) is 0 Å². The maximum Gasteiger partial charge on any atom is 0.123 e. The summed E-state index contributed by atoms with van der Waals surface area (Å²) in [5, 5.41) is 0. The van der Waals surface area contributed by atoms with Crippen LogP contribution < -0.4 is 4.74 Å². The number of benzene rings is 1. The minimum atomic E-state index is 0.245. The zero-order valence-corrected chi connectivity index (χ0v) is 12.1. The summed E-state index contributed by atoms with van der Waals surface area (Å²) in [6, 6.07) is 10.3. The van der Waals surface area contributed by atoms with Gasteiger partial charge in [-0.1, -0.05) is 33.6 Å². The molecule has 1 aromatic heterocycles. The second-order valence-corrected chi connectivity index (χ2v) is 5.38. The summed E-state index contributed by atoms with van der Waals surface area (Å²) in [4.78, 5) is 4.28. The van der Waals surface area contributed by atoms with Gasteiger partial charge in [0.25, 0.3) is 0 Å². The number of rotatable bonds is 4. The highest BCUT2D eigenvalue weighted by molar-refractivity contribution is 9.09. The molecule has 18 heavy (non-hydrogen) atoms. The molecular weight excluding hydrogens is 290 g/mol. The van der Waals surface area contributed by atoms with Crippen LogP contribution in [0.3, 0.4) is 0 Å². The number of hydrogen-bond donors (Lipinski definition) is 0. The van der Waals surface area contributed by atoms with Crippen molar-refractivity contribution in [2.24, 2.45) is 0 Å². The normalized spacial score (nSPS) is 12.2. The van der Waals surface area contributed by atoms with Gasteiger partial charge in [0.2, 0.25) is 0 Å². The largest absolute Gasteiger partial charge is 0.496 e. The lowest BCUT2D eigenvalue weighted by atomic mass is 10.0. The molecule has 0 bridgehead atoms. The summed E-state index contributed by atoms with van der Waals surface area (Å²) in [7, 11) is 1.71. The number of methoxy groups -OCH3 is 1. The number of aromatic nitrogens is 1. The molecule has 0 radical (unpaired) electrons. The van der Waals surface area contributed by atoms with Gasteiger partial charge in [0.15, 0.2) is 0 Å². The Morgan fingerprint density at radius 2 is 1.94 bits per heavy atom. The monoisotopic (exact) mass is 305 g/mol. The van der Waals surface area contributed by atoms with Gasteiger partial charge in [-0.2, -0.15) is 0 Å². The van der Waals surface area contributed by atoms with Crippen molar-refractivity contribution in [1.82, 2.24) is 4.98 Å². The van der Waals surface area contributed by atoms with Crippen LogP contribution in [0.5, 0.6) is 5.75 Å². The van der Waals surface area contributed by atoms with Crippen LogP contribution in [-0.2, 0) is 6.42 Å². The van der Waals surface area contributed by atoms with Crippen molar-refractivity contribution in [3.8, 4) is 5.75 Å². The Morgan fingerprint density at radius 3 is 2.61 bits per heavy atom. The average molecular weight is 306 g/mol. The zero-order chi connectivity index (χ0) is 13.0. The molecule has 0 saturated carbocycles. The lowest BCUT2D eigenvalue weighted by molar-refractivity contribution is 0.409. The van der Waals surface area contributed by atoms with E-state index in [-0.39, 0.29) is 4.83 Å². The fraction of sp³-hybridized carbons (Fsp3) is 0.267. The number of halogens is 1. The van der Waals surface area contributed by atoms with E-state index in [1.807, 2.05) is 30.6 Å². The molecular formula is C15H16BrNO. The maximum absolute atomic E-state index is 5.42. The Balaban J connectivity index is 2.23. The Kier molecular flexibility index (Phi) is 4.37. The van der Waals surface area contributed by atoms with Crippen LogP contribution >= 0.6 is 15.9 Å². The number of hydrogen-bond acceptors (Lipinski definition) is 2. The van der Waals surface area contributed by atoms with Crippen LogP contribution in [0, 0.1) is 6.92 Å². The van der Waals surface area contributed by atoms with Crippen molar-refractivity contribution in [3.05, 3.63) is 59.4 Å². The molecule has 2 nitrogen and oxygen atoms in total. The van der Waals surface area contributed by atoms with Crippen LogP contribution in [0.4, 0.5) is 0 Å². The van der Waals surface area contributed by atoms with Crippen LogP contribution in [-0.4, -0.2) is 12.1 Å². The van der Waals surface area contributed by atoms with E-state index in [4.69, 9.17) is 4.74 Å². The summed E-state index contributed by atoms with van der Waals surface area (Å²) in [6.07, 6.45) is 4.56. The zero-order valence-electron chi connectivity index (χ0n) is 10.6. The predicted molar refractivity (Wildman–Crippen MR) is 77.3 cm³/mol. The fourth-order valence-corrected chi connectivity index (χ4v) is 2.67. The lowest BCUT2D eigenvalue weighted by Gasteiger charge is -2.15. The topological polar surface area (TPSA) is 22.1 Å². The summed E-state index contributed by atoms with van der Waals surface area (Å²) >= 11 is 3.75. The Labute approximate surface area is 116 Å². The average Bonchev–Trinajstić information content (AvgIpc) is 2.40. The second kappa shape index (κ2) is 6.01. The molecule has 0 aliphatic carbocycles. The summed E-state index contributed by atoms with van der Waals surface area (Å²) in [5.41, 5.74) is 3.69. The van der Waals surface area contributed by atoms with Gasteiger partial charge in [0, 0.05) is 22.8 Å². The van der Waals surface area contributed by atoms with Gasteiger partial charge in [-0.3, -0.25) is 4.98 Å². The molecule has 1 aromatic carbocycles. The first-order valence-electron chi connectivity index (χ1n) is 5.88. The molecule has 94 valence electrons. The molecule has 1 heterocycles. The second-order valence-electron chi connectivity index (χ2n) is 4.27. The van der Waals surface area contributed by atoms with Crippen molar-refractivity contribution in [2.45, 2.75) is 18.2 Å². The first kappa shape index (κ1) is 13.1. The van der Waals surface area contributed by atoms with Crippen molar-refractivity contribution >= 4 is 15.9 Å². The van der Waals surface area contributed by atoms with Gasteiger partial charge >= 0.3 is 0 Å². The van der Waals surface area contributed by atoms with Gasteiger partial charge in [0.05, 0.1) is 7.11 Å². The third kappa shape index (κ3) is 3.10. The first-order valence-corrected chi connectivity index (χ1v) is 6.80. The van der Waals surface area contributed by atoms with Crippen LogP contribution in [0.2, 0.25) is 0 Å². The van der Waals surface area contributed by atoms with E-state index >= 15 is 0 Å². The van der Waals surface area contributed by atoms with Crippen molar-refractivity contribution in [1.29, 1.82) is 0 Å². The molecule has 1 unspecified atom stereocenters. The third-order valence-electron chi connectivity index (χ3n) is 2.89. The minimum absolute atomic E-state index is 0.245. The number of ether oxygens (including phenoxy) is 1. The van der Waals surface area contributed by atoms with Crippen molar-refractivity contribution < 1.29 is 4.74 Å². The third-order valence-corrected chi connectivity index (χ3v) is 3.70. The molecule has 0 fully saturated rings. The summed E-state index contributed by atoms with van der Waals surface area (Å²) in [6.45, 7) is 2.09. The molecule has 0 aliphatic rings. The van der Waals surface area contributed by atoms with Gasteiger partial charge in [-0.25, -0.2) is 0 Å². The Morgan fingerprint density at radius 1 is 1.22 bits per heavy atom. The summed E-state index contributed by atoms with van der Waals surface area (Å²) < 4.78 is 5.42. The highest BCUT2D eigenvalue weighted by atomic mass is 79.9. The van der Waals surface area contributed by atoms with Crippen molar-refractivity contribution in [2.75, 3.05) is 7.11 Å². The molecule has 2 aromatic rings. The van der Waals surface area contributed by atoms with E-state index in [9.17, 15) is 0 Å². The molecule has 2 rings (SSSR count). The highest BCUT2D eigenvalue weighted by Gasteiger charge is 2.13.